The zero-order chi connectivity index (χ0) is 12.1. The Morgan fingerprint density at radius 2 is 2.19 bits per heavy atom. The minimum atomic E-state index is 0.392. The van der Waals surface area contributed by atoms with Crippen molar-refractivity contribution in [2.75, 3.05) is 25.5 Å². The Labute approximate surface area is 103 Å². The standard InChI is InChI=1S/C12H23N3S/c1-6-9(2)8-15(5)12-14-7-11(16-12)10(3)13-4/h7,9-10,13H,6,8H2,1-5H3. The summed E-state index contributed by atoms with van der Waals surface area (Å²) >= 11 is 1.78. The minimum absolute atomic E-state index is 0.392. The fourth-order valence-electron chi connectivity index (χ4n) is 1.47. The van der Waals surface area contributed by atoms with Gasteiger partial charge in [-0.05, 0) is 19.9 Å². The van der Waals surface area contributed by atoms with Crippen LogP contribution in [0.4, 0.5) is 5.13 Å². The van der Waals surface area contributed by atoms with Gasteiger partial charge in [-0.3, -0.25) is 0 Å². The number of anilines is 1. The molecule has 0 aliphatic rings. The molecule has 1 aromatic rings. The third kappa shape index (κ3) is 3.46. The number of thiazole rings is 1. The molecule has 1 aromatic heterocycles. The molecule has 0 saturated heterocycles. The van der Waals surface area contributed by atoms with Crippen LogP contribution in [0, 0.1) is 5.92 Å². The first-order chi connectivity index (χ1) is 7.58. The molecule has 0 aromatic carbocycles. The average Bonchev–Trinajstić information content (AvgIpc) is 2.77. The van der Waals surface area contributed by atoms with Crippen molar-refractivity contribution in [3.63, 3.8) is 0 Å². The van der Waals surface area contributed by atoms with Gasteiger partial charge in [0.25, 0.3) is 0 Å². The highest BCUT2D eigenvalue weighted by molar-refractivity contribution is 7.15. The van der Waals surface area contributed by atoms with Crippen LogP contribution in [0.15, 0.2) is 6.20 Å². The first-order valence-electron chi connectivity index (χ1n) is 5.92. The Hall–Kier alpha value is -0.610. The summed E-state index contributed by atoms with van der Waals surface area (Å²) in [6.07, 6.45) is 3.20. The number of rotatable bonds is 6. The SMILES string of the molecule is CCC(C)CN(C)c1ncc(C(C)NC)s1. The summed E-state index contributed by atoms with van der Waals surface area (Å²) in [4.78, 5) is 8.03. The summed E-state index contributed by atoms with van der Waals surface area (Å²) in [5.74, 6) is 0.721. The van der Waals surface area contributed by atoms with Crippen molar-refractivity contribution in [2.24, 2.45) is 5.92 Å². The van der Waals surface area contributed by atoms with Crippen molar-refractivity contribution in [3.8, 4) is 0 Å². The van der Waals surface area contributed by atoms with E-state index in [0.29, 0.717) is 6.04 Å². The molecule has 2 unspecified atom stereocenters. The van der Waals surface area contributed by atoms with Crippen LogP contribution in [0.25, 0.3) is 0 Å². The first-order valence-corrected chi connectivity index (χ1v) is 6.74. The van der Waals surface area contributed by atoms with Gasteiger partial charge in [0.2, 0.25) is 0 Å². The third-order valence-electron chi connectivity index (χ3n) is 2.98. The normalized spacial score (nSPS) is 14.8. The maximum Gasteiger partial charge on any atom is 0.185 e. The van der Waals surface area contributed by atoms with Crippen LogP contribution >= 0.6 is 11.3 Å². The second-order valence-electron chi connectivity index (χ2n) is 4.45. The molecule has 0 amide bonds. The van der Waals surface area contributed by atoms with E-state index in [1.165, 1.54) is 11.3 Å². The van der Waals surface area contributed by atoms with E-state index in [1.54, 1.807) is 11.3 Å². The molecule has 0 radical (unpaired) electrons. The maximum atomic E-state index is 4.48. The van der Waals surface area contributed by atoms with Crippen molar-refractivity contribution in [1.82, 2.24) is 10.3 Å². The van der Waals surface area contributed by atoms with Gasteiger partial charge in [0.1, 0.15) is 0 Å². The molecule has 92 valence electrons. The highest BCUT2D eigenvalue weighted by Crippen LogP contribution is 2.26. The minimum Gasteiger partial charge on any atom is -0.351 e. The lowest BCUT2D eigenvalue weighted by atomic mass is 10.1. The van der Waals surface area contributed by atoms with E-state index < -0.39 is 0 Å². The van der Waals surface area contributed by atoms with Crippen LogP contribution in [-0.2, 0) is 0 Å². The van der Waals surface area contributed by atoms with Crippen LogP contribution in [0.5, 0.6) is 0 Å². The van der Waals surface area contributed by atoms with Crippen LogP contribution < -0.4 is 10.2 Å². The van der Waals surface area contributed by atoms with E-state index in [1.807, 2.05) is 13.2 Å². The van der Waals surface area contributed by atoms with Crippen molar-refractivity contribution >= 4 is 16.5 Å². The van der Waals surface area contributed by atoms with Gasteiger partial charge in [0.05, 0.1) is 0 Å². The largest absolute Gasteiger partial charge is 0.351 e. The summed E-state index contributed by atoms with van der Waals surface area (Å²) in [6.45, 7) is 7.75. The van der Waals surface area contributed by atoms with Gasteiger partial charge >= 0.3 is 0 Å². The molecule has 16 heavy (non-hydrogen) atoms. The zero-order valence-corrected chi connectivity index (χ0v) is 11.8. The Balaban J connectivity index is 2.62. The third-order valence-corrected chi connectivity index (χ3v) is 4.27. The molecule has 1 N–H and O–H groups in total. The fourth-order valence-corrected chi connectivity index (χ4v) is 2.42. The van der Waals surface area contributed by atoms with Crippen molar-refractivity contribution in [2.45, 2.75) is 33.2 Å². The van der Waals surface area contributed by atoms with Gasteiger partial charge in [-0.2, -0.15) is 0 Å². The molecule has 3 nitrogen and oxygen atoms in total. The van der Waals surface area contributed by atoms with Crippen molar-refractivity contribution in [3.05, 3.63) is 11.1 Å². The van der Waals surface area contributed by atoms with Crippen LogP contribution in [0.1, 0.15) is 38.1 Å². The fraction of sp³-hybridized carbons (Fsp3) is 0.750. The van der Waals surface area contributed by atoms with Crippen LogP contribution in [0.2, 0.25) is 0 Å². The molecule has 0 aliphatic carbocycles. The smallest absolute Gasteiger partial charge is 0.185 e. The molecule has 0 spiro atoms. The quantitative estimate of drug-likeness (QED) is 0.830. The second-order valence-corrected chi connectivity index (χ2v) is 5.49. The lowest BCUT2D eigenvalue weighted by Crippen LogP contribution is -2.23. The molecule has 1 heterocycles. The second kappa shape index (κ2) is 6.21. The van der Waals surface area contributed by atoms with Gasteiger partial charge in [-0.15, -0.1) is 11.3 Å². The Kier molecular flexibility index (Phi) is 5.22. The number of nitrogens with one attached hydrogen (secondary N) is 1. The van der Waals surface area contributed by atoms with Crippen molar-refractivity contribution in [1.29, 1.82) is 0 Å². The van der Waals surface area contributed by atoms with Crippen molar-refractivity contribution < 1.29 is 0 Å². The summed E-state index contributed by atoms with van der Waals surface area (Å²) in [7, 11) is 4.10. The predicted octanol–water partition coefficient (Wildman–Crippen LogP) is 2.91. The van der Waals surface area contributed by atoms with E-state index in [0.717, 1.165) is 17.6 Å². The molecular formula is C12H23N3S. The number of hydrogen-bond donors (Lipinski definition) is 1. The molecule has 2 atom stereocenters. The monoisotopic (exact) mass is 241 g/mol. The van der Waals surface area contributed by atoms with E-state index in [-0.39, 0.29) is 0 Å². The summed E-state index contributed by atoms with van der Waals surface area (Å²) in [6, 6.07) is 0.392. The highest BCUT2D eigenvalue weighted by Gasteiger charge is 2.12. The van der Waals surface area contributed by atoms with Gasteiger partial charge in [-0.25, -0.2) is 4.98 Å². The van der Waals surface area contributed by atoms with Gasteiger partial charge in [0, 0.05) is 30.7 Å². The summed E-state index contributed by atoms with van der Waals surface area (Å²) < 4.78 is 0. The van der Waals surface area contributed by atoms with E-state index in [2.05, 4.69) is 43.0 Å². The van der Waals surface area contributed by atoms with Crippen LogP contribution in [-0.4, -0.2) is 25.6 Å². The molecule has 4 heteroatoms. The Bertz CT molecular complexity index is 311. The molecule has 0 aliphatic heterocycles. The summed E-state index contributed by atoms with van der Waals surface area (Å²) in [5.41, 5.74) is 0. The maximum absolute atomic E-state index is 4.48. The average molecular weight is 241 g/mol. The lowest BCUT2D eigenvalue weighted by Gasteiger charge is -2.19. The Morgan fingerprint density at radius 3 is 2.75 bits per heavy atom. The zero-order valence-electron chi connectivity index (χ0n) is 10.9. The van der Waals surface area contributed by atoms with Gasteiger partial charge in [-0.1, -0.05) is 20.3 Å². The lowest BCUT2D eigenvalue weighted by molar-refractivity contribution is 0.559. The number of nitrogens with zero attached hydrogens (tertiary/aromatic N) is 2. The van der Waals surface area contributed by atoms with E-state index in [4.69, 9.17) is 0 Å². The number of aromatic nitrogens is 1. The molecule has 0 fully saturated rings. The van der Waals surface area contributed by atoms with Crippen LogP contribution in [0.3, 0.4) is 0 Å². The highest BCUT2D eigenvalue weighted by atomic mass is 32.1. The predicted molar refractivity (Wildman–Crippen MR) is 72.3 cm³/mol. The van der Waals surface area contributed by atoms with E-state index in [9.17, 15) is 0 Å². The number of hydrogen-bond acceptors (Lipinski definition) is 4. The molecule has 0 saturated carbocycles. The first kappa shape index (κ1) is 13.5. The molecular weight excluding hydrogens is 218 g/mol. The van der Waals surface area contributed by atoms with Gasteiger partial charge in [0.15, 0.2) is 5.13 Å². The molecule has 0 bridgehead atoms. The van der Waals surface area contributed by atoms with E-state index >= 15 is 0 Å². The topological polar surface area (TPSA) is 28.2 Å². The Morgan fingerprint density at radius 1 is 1.50 bits per heavy atom. The van der Waals surface area contributed by atoms with Gasteiger partial charge < -0.3 is 10.2 Å². The molecule has 1 rings (SSSR count). The summed E-state index contributed by atoms with van der Waals surface area (Å²) in [5, 5.41) is 4.36.